The number of anilines is 1. The molecule has 0 spiro atoms. The number of nitrogens with one attached hydrogen (secondary N) is 1. The molecule has 1 N–H and O–H groups in total. The molecule has 2 aromatic rings. The van der Waals surface area contributed by atoms with E-state index in [9.17, 15) is 4.79 Å². The van der Waals surface area contributed by atoms with Gasteiger partial charge >= 0.3 is 0 Å². The third-order valence-electron chi connectivity index (χ3n) is 3.44. The van der Waals surface area contributed by atoms with Crippen LogP contribution in [-0.2, 0) is 16.1 Å². The molecule has 22 heavy (non-hydrogen) atoms. The van der Waals surface area contributed by atoms with Crippen LogP contribution in [0.2, 0.25) is 5.02 Å². The van der Waals surface area contributed by atoms with Gasteiger partial charge in [0.1, 0.15) is 6.61 Å². The molecule has 0 aliphatic carbocycles. The van der Waals surface area contributed by atoms with Gasteiger partial charge in [0.15, 0.2) is 0 Å². The Hall–Kier alpha value is -1.84. The van der Waals surface area contributed by atoms with E-state index in [1.54, 1.807) is 6.07 Å². The van der Waals surface area contributed by atoms with Crippen molar-refractivity contribution in [3.05, 3.63) is 63.7 Å². The number of hydrogen-bond donors (Lipinski definition) is 1. The molecule has 0 saturated heterocycles. The van der Waals surface area contributed by atoms with Crippen LogP contribution in [0.15, 0.2) is 36.4 Å². The molecule has 116 valence electrons. The van der Waals surface area contributed by atoms with Crippen LogP contribution < -0.4 is 5.32 Å². The Labute approximate surface area is 136 Å². The third kappa shape index (κ3) is 4.58. The lowest BCUT2D eigenvalue weighted by Crippen LogP contribution is -2.18. The van der Waals surface area contributed by atoms with E-state index in [0.29, 0.717) is 17.3 Å². The van der Waals surface area contributed by atoms with Gasteiger partial charge in [0.2, 0.25) is 5.91 Å². The molecule has 0 heterocycles. The highest BCUT2D eigenvalue weighted by molar-refractivity contribution is 6.31. The van der Waals surface area contributed by atoms with Crippen LogP contribution in [0.5, 0.6) is 0 Å². The van der Waals surface area contributed by atoms with Crippen LogP contribution in [0.4, 0.5) is 5.69 Å². The Morgan fingerprint density at radius 3 is 2.55 bits per heavy atom. The normalized spacial score (nSPS) is 10.5. The molecule has 0 fully saturated rings. The molecular formula is C18H20ClNO2. The molecule has 0 aliphatic heterocycles. The lowest BCUT2D eigenvalue weighted by atomic mass is 10.1. The van der Waals surface area contributed by atoms with Crippen molar-refractivity contribution in [3.8, 4) is 0 Å². The molecule has 0 saturated carbocycles. The van der Waals surface area contributed by atoms with Crippen molar-refractivity contribution in [1.82, 2.24) is 0 Å². The summed E-state index contributed by atoms with van der Waals surface area (Å²) < 4.78 is 5.48. The Balaban J connectivity index is 1.83. The minimum absolute atomic E-state index is 0.0127. The molecule has 4 heteroatoms. The van der Waals surface area contributed by atoms with Crippen molar-refractivity contribution in [2.75, 3.05) is 11.9 Å². The van der Waals surface area contributed by atoms with Gasteiger partial charge in [-0.05, 0) is 49.6 Å². The van der Waals surface area contributed by atoms with Gasteiger partial charge in [0.25, 0.3) is 0 Å². The molecule has 2 aromatic carbocycles. The number of benzene rings is 2. The van der Waals surface area contributed by atoms with Crippen LogP contribution in [0, 0.1) is 20.8 Å². The number of ether oxygens (including phenoxy) is 1. The van der Waals surface area contributed by atoms with Crippen molar-refractivity contribution >= 4 is 23.2 Å². The third-order valence-corrected chi connectivity index (χ3v) is 3.85. The van der Waals surface area contributed by atoms with Crippen LogP contribution in [0.1, 0.15) is 22.3 Å². The summed E-state index contributed by atoms with van der Waals surface area (Å²) >= 11 is 6.03. The van der Waals surface area contributed by atoms with Crippen LogP contribution in [-0.4, -0.2) is 12.5 Å². The highest BCUT2D eigenvalue weighted by atomic mass is 35.5. The first-order valence-electron chi connectivity index (χ1n) is 7.15. The maximum absolute atomic E-state index is 11.9. The largest absolute Gasteiger partial charge is 0.367 e. The molecular weight excluding hydrogens is 298 g/mol. The van der Waals surface area contributed by atoms with Crippen molar-refractivity contribution in [2.24, 2.45) is 0 Å². The average molecular weight is 318 g/mol. The maximum atomic E-state index is 11.9. The van der Waals surface area contributed by atoms with Gasteiger partial charge in [0.05, 0.1) is 6.61 Å². The zero-order chi connectivity index (χ0) is 16.1. The van der Waals surface area contributed by atoms with Crippen LogP contribution >= 0.6 is 11.6 Å². The molecule has 0 atom stereocenters. The average Bonchev–Trinajstić information content (AvgIpc) is 2.45. The van der Waals surface area contributed by atoms with E-state index >= 15 is 0 Å². The molecule has 0 radical (unpaired) electrons. The minimum atomic E-state index is -0.190. The molecule has 0 aromatic heterocycles. The zero-order valence-corrected chi connectivity index (χ0v) is 13.8. The summed E-state index contributed by atoms with van der Waals surface area (Å²) in [5, 5.41) is 3.40. The van der Waals surface area contributed by atoms with Gasteiger partial charge in [-0.25, -0.2) is 0 Å². The highest BCUT2D eigenvalue weighted by Gasteiger charge is 2.05. The molecule has 1 amide bonds. The lowest BCUT2D eigenvalue weighted by Gasteiger charge is -2.09. The van der Waals surface area contributed by atoms with Gasteiger partial charge in [-0.3, -0.25) is 4.79 Å². The van der Waals surface area contributed by atoms with E-state index in [1.165, 1.54) is 11.1 Å². The van der Waals surface area contributed by atoms with Gasteiger partial charge in [-0.15, -0.1) is 0 Å². The highest BCUT2D eigenvalue weighted by Crippen LogP contribution is 2.19. The Morgan fingerprint density at radius 2 is 1.86 bits per heavy atom. The van der Waals surface area contributed by atoms with E-state index in [1.807, 2.05) is 38.1 Å². The summed E-state index contributed by atoms with van der Waals surface area (Å²) in [6.45, 7) is 6.45. The van der Waals surface area contributed by atoms with Crippen molar-refractivity contribution < 1.29 is 9.53 Å². The number of carbonyl (C=O) groups excluding carboxylic acids is 1. The summed E-state index contributed by atoms with van der Waals surface area (Å²) in [5.74, 6) is -0.190. The second-order valence-electron chi connectivity index (χ2n) is 5.43. The molecule has 3 nitrogen and oxygen atoms in total. The second kappa shape index (κ2) is 7.43. The van der Waals surface area contributed by atoms with E-state index in [0.717, 1.165) is 11.1 Å². The number of hydrogen-bond acceptors (Lipinski definition) is 2. The first-order valence-corrected chi connectivity index (χ1v) is 7.53. The van der Waals surface area contributed by atoms with Gasteiger partial charge < -0.3 is 10.1 Å². The fourth-order valence-electron chi connectivity index (χ4n) is 2.13. The topological polar surface area (TPSA) is 38.3 Å². The van der Waals surface area contributed by atoms with Gasteiger partial charge in [-0.1, -0.05) is 41.4 Å². The first kappa shape index (κ1) is 16.5. The predicted octanol–water partition coefficient (Wildman–Crippen LogP) is 4.42. The van der Waals surface area contributed by atoms with Gasteiger partial charge in [-0.2, -0.15) is 0 Å². The molecule has 0 aliphatic rings. The van der Waals surface area contributed by atoms with Crippen LogP contribution in [0.3, 0.4) is 0 Å². The van der Waals surface area contributed by atoms with E-state index in [4.69, 9.17) is 16.3 Å². The van der Waals surface area contributed by atoms with E-state index in [2.05, 4.69) is 18.3 Å². The first-order chi connectivity index (χ1) is 10.5. The second-order valence-corrected chi connectivity index (χ2v) is 5.84. The minimum Gasteiger partial charge on any atom is -0.367 e. The summed E-state index contributed by atoms with van der Waals surface area (Å²) in [6, 6.07) is 11.6. The van der Waals surface area contributed by atoms with Crippen molar-refractivity contribution in [2.45, 2.75) is 27.4 Å². The van der Waals surface area contributed by atoms with Crippen molar-refractivity contribution in [3.63, 3.8) is 0 Å². The fourth-order valence-corrected chi connectivity index (χ4v) is 2.31. The van der Waals surface area contributed by atoms with Crippen LogP contribution in [0.25, 0.3) is 0 Å². The quantitative estimate of drug-likeness (QED) is 0.886. The number of carbonyl (C=O) groups is 1. The number of aryl methyl sites for hydroxylation is 3. The van der Waals surface area contributed by atoms with E-state index < -0.39 is 0 Å². The number of halogens is 1. The summed E-state index contributed by atoms with van der Waals surface area (Å²) in [5.41, 5.74) is 5.14. The fraction of sp³-hybridized carbons (Fsp3) is 0.278. The lowest BCUT2D eigenvalue weighted by molar-refractivity contribution is -0.121. The maximum Gasteiger partial charge on any atom is 0.250 e. The summed E-state index contributed by atoms with van der Waals surface area (Å²) in [4.78, 5) is 11.9. The Bertz CT molecular complexity index is 683. The van der Waals surface area contributed by atoms with Crippen molar-refractivity contribution in [1.29, 1.82) is 0 Å². The number of amides is 1. The Morgan fingerprint density at radius 1 is 1.09 bits per heavy atom. The Kier molecular flexibility index (Phi) is 5.58. The molecule has 2 rings (SSSR count). The number of rotatable bonds is 5. The van der Waals surface area contributed by atoms with Gasteiger partial charge in [0, 0.05) is 10.7 Å². The monoisotopic (exact) mass is 317 g/mol. The SMILES string of the molecule is Cc1ccc(COCC(=O)Nc2ccc(C)c(Cl)c2)c(C)c1. The smallest absolute Gasteiger partial charge is 0.250 e. The molecule has 0 unspecified atom stereocenters. The van der Waals surface area contributed by atoms with E-state index in [-0.39, 0.29) is 12.5 Å². The summed E-state index contributed by atoms with van der Waals surface area (Å²) in [7, 11) is 0. The predicted molar refractivity (Wildman–Crippen MR) is 90.4 cm³/mol. The molecule has 0 bridgehead atoms. The summed E-state index contributed by atoms with van der Waals surface area (Å²) in [6.07, 6.45) is 0. The zero-order valence-electron chi connectivity index (χ0n) is 13.1. The standard InChI is InChI=1S/C18H20ClNO2/c1-12-4-6-15(14(3)8-12)10-22-11-18(21)20-16-7-5-13(2)17(19)9-16/h4-9H,10-11H2,1-3H3,(H,20,21).